The fourth-order valence-corrected chi connectivity index (χ4v) is 6.49. The summed E-state index contributed by atoms with van der Waals surface area (Å²) in [6.45, 7) is 3.87. The Hall–Kier alpha value is -4.62. The first kappa shape index (κ1) is 29.9. The number of hydrogen-bond donors (Lipinski definition) is 0. The third kappa shape index (κ3) is 6.27. The predicted molar refractivity (Wildman–Crippen MR) is 162 cm³/mol. The van der Waals surface area contributed by atoms with Gasteiger partial charge >= 0.3 is 5.97 Å². The van der Waals surface area contributed by atoms with Crippen molar-refractivity contribution in [2.75, 3.05) is 13.7 Å². The minimum absolute atomic E-state index is 0.124. The number of ether oxygens (including phenoxy) is 2. The lowest BCUT2D eigenvalue weighted by Gasteiger charge is -2.26. The normalized spacial score (nSPS) is 14.7. The van der Waals surface area contributed by atoms with Crippen LogP contribution in [0.5, 0.6) is 5.75 Å². The van der Waals surface area contributed by atoms with Crippen LogP contribution in [0.1, 0.15) is 43.9 Å². The number of benzene rings is 2. The van der Waals surface area contributed by atoms with Gasteiger partial charge in [-0.05, 0) is 66.6 Å². The highest BCUT2D eigenvalue weighted by molar-refractivity contribution is 7.99. The number of carbonyl (C=O) groups is 1. The molecular weight excluding hydrogens is 590 g/mol. The number of methoxy groups -OCH3 is 1. The number of carbonyl (C=O) groups excluding carboxylic acids is 1. The van der Waals surface area contributed by atoms with Crippen LogP contribution < -0.4 is 19.6 Å². The van der Waals surface area contributed by atoms with Gasteiger partial charge in [-0.3, -0.25) is 19.5 Å². The molecule has 1 aliphatic heterocycles. The molecule has 0 fully saturated rings. The van der Waals surface area contributed by atoms with Crippen molar-refractivity contribution in [1.29, 1.82) is 0 Å². The molecule has 2 aromatic carbocycles. The van der Waals surface area contributed by atoms with E-state index in [9.17, 15) is 19.7 Å². The summed E-state index contributed by atoms with van der Waals surface area (Å²) < 4.78 is 12.7. The standard InChI is InChI=1S/C30H27N5O6S2/c1-4-8-22-25(28(37)41-5-2)26(18-9-6-10-21(16-18)40-3)34-27(36)24(43-30(34)33-22)17-19-15-20(35(38)39)11-12-23(19)42-29-31-13-7-14-32-29/h6-7,9-17,26H,4-5,8H2,1-3H3/b24-17+/t26-/m0/s1. The number of nitro groups is 1. The maximum absolute atomic E-state index is 14.1. The van der Waals surface area contributed by atoms with Crippen LogP contribution in [0.3, 0.4) is 0 Å². The van der Waals surface area contributed by atoms with Gasteiger partial charge in [-0.2, -0.15) is 0 Å². The fourth-order valence-electron chi connectivity index (χ4n) is 4.68. The molecule has 1 atom stereocenters. The highest BCUT2D eigenvalue weighted by atomic mass is 32.2. The second-order valence-electron chi connectivity index (χ2n) is 9.30. The van der Waals surface area contributed by atoms with Crippen LogP contribution in [0, 0.1) is 10.1 Å². The molecular formula is C30H27N5O6S2. The van der Waals surface area contributed by atoms with Gasteiger partial charge in [0, 0.05) is 29.4 Å². The third-order valence-electron chi connectivity index (χ3n) is 6.54. The number of allylic oxidation sites excluding steroid dienone is 1. The van der Waals surface area contributed by atoms with Gasteiger partial charge in [-0.1, -0.05) is 36.8 Å². The van der Waals surface area contributed by atoms with Crippen molar-refractivity contribution in [2.24, 2.45) is 4.99 Å². The molecule has 1 aliphatic rings. The fraction of sp³-hybridized carbons (Fsp3) is 0.233. The van der Waals surface area contributed by atoms with E-state index in [1.165, 1.54) is 28.5 Å². The number of esters is 1. The van der Waals surface area contributed by atoms with E-state index < -0.39 is 22.5 Å². The van der Waals surface area contributed by atoms with Crippen LogP contribution in [0.25, 0.3) is 6.08 Å². The molecule has 4 aromatic rings. The molecule has 0 spiro atoms. The van der Waals surface area contributed by atoms with Crippen molar-refractivity contribution in [2.45, 2.75) is 42.8 Å². The zero-order chi connectivity index (χ0) is 30.5. The highest BCUT2D eigenvalue weighted by Gasteiger charge is 2.34. The number of thiazole rings is 1. The summed E-state index contributed by atoms with van der Waals surface area (Å²) in [6.07, 6.45) is 6.04. The van der Waals surface area contributed by atoms with E-state index in [0.29, 0.717) is 54.0 Å². The van der Waals surface area contributed by atoms with Gasteiger partial charge in [-0.15, -0.1) is 0 Å². The van der Waals surface area contributed by atoms with E-state index >= 15 is 0 Å². The summed E-state index contributed by atoms with van der Waals surface area (Å²) in [5, 5.41) is 12.1. The maximum Gasteiger partial charge on any atom is 0.338 e. The van der Waals surface area contributed by atoms with E-state index in [1.54, 1.807) is 62.8 Å². The molecule has 13 heteroatoms. The lowest BCUT2D eigenvalue weighted by atomic mass is 9.94. The molecule has 11 nitrogen and oxygen atoms in total. The van der Waals surface area contributed by atoms with Crippen LogP contribution in [-0.2, 0) is 9.53 Å². The second-order valence-corrected chi connectivity index (χ2v) is 11.3. The lowest BCUT2D eigenvalue weighted by molar-refractivity contribution is -0.384. The van der Waals surface area contributed by atoms with Crippen LogP contribution in [0.15, 0.2) is 92.0 Å². The van der Waals surface area contributed by atoms with Crippen molar-refractivity contribution >= 4 is 40.8 Å². The molecule has 0 unspecified atom stereocenters. The van der Waals surface area contributed by atoms with Crippen LogP contribution in [-0.4, -0.2) is 39.1 Å². The molecule has 43 heavy (non-hydrogen) atoms. The molecule has 0 N–H and O–H groups in total. The van der Waals surface area contributed by atoms with Crippen molar-refractivity contribution in [3.63, 3.8) is 0 Å². The molecule has 0 amide bonds. The van der Waals surface area contributed by atoms with Gasteiger partial charge in [0.25, 0.3) is 11.2 Å². The second kappa shape index (κ2) is 13.1. The average Bonchev–Trinajstić information content (AvgIpc) is 3.32. The van der Waals surface area contributed by atoms with E-state index in [2.05, 4.69) is 9.97 Å². The van der Waals surface area contributed by atoms with Gasteiger partial charge in [0.2, 0.25) is 0 Å². The topological polar surface area (TPSA) is 139 Å². The Bertz CT molecular complexity index is 1900. The highest BCUT2D eigenvalue weighted by Crippen LogP contribution is 2.34. The SMILES string of the molecule is CCCC1=C(C(=O)OCC)[C@H](c2cccc(OC)c2)n2c(s/c(=C/c3cc([N+](=O)[O-])ccc3Sc3ncccn3)c2=O)=N1. The van der Waals surface area contributed by atoms with Crippen molar-refractivity contribution < 1.29 is 19.2 Å². The number of aromatic nitrogens is 3. The van der Waals surface area contributed by atoms with Crippen molar-refractivity contribution in [3.8, 4) is 5.75 Å². The largest absolute Gasteiger partial charge is 0.497 e. The van der Waals surface area contributed by atoms with Crippen LogP contribution in [0.2, 0.25) is 0 Å². The zero-order valence-corrected chi connectivity index (χ0v) is 25.2. The molecule has 0 radical (unpaired) electrons. The number of hydrogen-bond acceptors (Lipinski definition) is 11. The average molecular weight is 618 g/mol. The molecule has 0 saturated heterocycles. The smallest absolute Gasteiger partial charge is 0.338 e. The summed E-state index contributed by atoms with van der Waals surface area (Å²) in [4.78, 5) is 53.0. The van der Waals surface area contributed by atoms with Gasteiger partial charge in [0.05, 0.1) is 40.5 Å². The number of nitro benzene ring substituents is 1. The Balaban J connectivity index is 1.75. The summed E-state index contributed by atoms with van der Waals surface area (Å²) in [5.41, 5.74) is 1.44. The predicted octanol–water partition coefficient (Wildman–Crippen LogP) is 4.44. The first-order chi connectivity index (χ1) is 20.8. The monoisotopic (exact) mass is 617 g/mol. The summed E-state index contributed by atoms with van der Waals surface area (Å²) in [7, 11) is 1.55. The summed E-state index contributed by atoms with van der Waals surface area (Å²) in [5.74, 6) is 0.0234. The van der Waals surface area contributed by atoms with E-state index in [-0.39, 0.29) is 12.3 Å². The van der Waals surface area contributed by atoms with Gasteiger partial charge in [-0.25, -0.2) is 19.8 Å². The van der Waals surface area contributed by atoms with Gasteiger partial charge < -0.3 is 9.47 Å². The molecule has 0 bridgehead atoms. The van der Waals surface area contributed by atoms with Crippen LogP contribution in [0.4, 0.5) is 5.69 Å². The first-order valence-corrected chi connectivity index (χ1v) is 15.1. The Morgan fingerprint density at radius 1 is 1.16 bits per heavy atom. The summed E-state index contributed by atoms with van der Waals surface area (Å²) >= 11 is 2.38. The van der Waals surface area contributed by atoms with Crippen molar-refractivity contribution in [1.82, 2.24) is 14.5 Å². The Morgan fingerprint density at radius 2 is 1.95 bits per heavy atom. The molecule has 0 aliphatic carbocycles. The Labute approximate surface area is 254 Å². The van der Waals surface area contributed by atoms with Crippen LogP contribution >= 0.6 is 23.1 Å². The van der Waals surface area contributed by atoms with Gasteiger partial charge in [0.1, 0.15) is 5.75 Å². The molecule has 220 valence electrons. The van der Waals surface area contributed by atoms with E-state index in [4.69, 9.17) is 14.5 Å². The molecule has 3 heterocycles. The number of fused-ring (bicyclic) bond motifs is 1. The first-order valence-electron chi connectivity index (χ1n) is 13.4. The number of non-ortho nitro benzene ring substituents is 1. The van der Waals surface area contributed by atoms with Gasteiger partial charge in [0.15, 0.2) is 9.96 Å². The molecule has 0 saturated carbocycles. The number of rotatable bonds is 10. The summed E-state index contributed by atoms with van der Waals surface area (Å²) in [6, 6.07) is 12.5. The Kier molecular flexibility index (Phi) is 9.12. The minimum Gasteiger partial charge on any atom is -0.497 e. The quantitative estimate of drug-likeness (QED) is 0.109. The Morgan fingerprint density at radius 3 is 2.65 bits per heavy atom. The lowest BCUT2D eigenvalue weighted by Crippen LogP contribution is -2.40. The third-order valence-corrected chi connectivity index (χ3v) is 8.50. The minimum atomic E-state index is -0.814. The van der Waals surface area contributed by atoms with E-state index in [0.717, 1.165) is 17.8 Å². The zero-order valence-electron chi connectivity index (χ0n) is 23.6. The molecule has 2 aromatic heterocycles. The maximum atomic E-state index is 14.1. The van der Waals surface area contributed by atoms with Crippen molar-refractivity contribution in [3.05, 3.63) is 113 Å². The molecule has 5 rings (SSSR count). The van der Waals surface area contributed by atoms with E-state index in [1.807, 2.05) is 13.0 Å². The number of nitrogens with zero attached hydrogens (tertiary/aromatic N) is 5.